The maximum atomic E-state index is 2.50. The van der Waals surface area contributed by atoms with Crippen LogP contribution in [0.2, 0.25) is 18.1 Å². The molecule has 2 rings (SSSR count). The summed E-state index contributed by atoms with van der Waals surface area (Å²) in [5.74, 6) is 0. The molecule has 0 radical (unpaired) electrons. The van der Waals surface area contributed by atoms with Crippen molar-refractivity contribution in [3.05, 3.63) is 41.5 Å². The molecule has 102 valence electrons. The number of benzene rings is 2. The maximum absolute atomic E-state index is 2.50. The zero-order valence-corrected chi connectivity index (χ0v) is 14.0. The molecule has 0 aliphatic heterocycles. The van der Waals surface area contributed by atoms with Crippen LogP contribution in [0.1, 0.15) is 31.9 Å². The van der Waals surface area contributed by atoms with Crippen molar-refractivity contribution in [2.24, 2.45) is 0 Å². The standard InChI is InChI=1S/C18H26Si/c1-6-19(7-2,8-3)18-13-14(4)15(5)16-11-9-10-12-17(16)18/h9-13H,6-8H2,1-5H3. The second kappa shape index (κ2) is 5.50. The molecule has 0 unspecified atom stereocenters. The molecule has 0 aliphatic rings. The van der Waals surface area contributed by atoms with Crippen LogP contribution >= 0.6 is 0 Å². The normalized spacial score (nSPS) is 12.1. The minimum absolute atomic E-state index is 1.31. The summed E-state index contributed by atoms with van der Waals surface area (Å²) >= 11 is 0. The van der Waals surface area contributed by atoms with Gasteiger partial charge >= 0.3 is 0 Å². The second-order valence-electron chi connectivity index (χ2n) is 5.75. The van der Waals surface area contributed by atoms with Crippen molar-refractivity contribution < 1.29 is 0 Å². The lowest BCUT2D eigenvalue weighted by atomic mass is 10.0. The molecule has 19 heavy (non-hydrogen) atoms. The number of aryl methyl sites for hydroxylation is 2. The molecule has 0 nitrogen and oxygen atoms in total. The Labute approximate surface area is 118 Å². The van der Waals surface area contributed by atoms with Crippen molar-refractivity contribution in [2.45, 2.75) is 52.8 Å². The molecule has 0 spiro atoms. The summed E-state index contributed by atoms with van der Waals surface area (Å²) in [5, 5.41) is 4.67. The first kappa shape index (κ1) is 14.3. The maximum Gasteiger partial charge on any atom is 0.0867 e. The topological polar surface area (TPSA) is 0 Å². The number of fused-ring (bicyclic) bond motifs is 1. The monoisotopic (exact) mass is 270 g/mol. The Morgan fingerprint density at radius 1 is 0.842 bits per heavy atom. The molecule has 0 amide bonds. The lowest BCUT2D eigenvalue weighted by molar-refractivity contribution is 1.19. The predicted octanol–water partition coefficient (Wildman–Crippen LogP) is 5.17. The minimum atomic E-state index is -1.31. The van der Waals surface area contributed by atoms with Gasteiger partial charge in [0.15, 0.2) is 0 Å². The average molecular weight is 270 g/mol. The Morgan fingerprint density at radius 2 is 1.37 bits per heavy atom. The van der Waals surface area contributed by atoms with Crippen molar-refractivity contribution in [3.8, 4) is 0 Å². The van der Waals surface area contributed by atoms with Crippen LogP contribution in [0.4, 0.5) is 0 Å². The minimum Gasteiger partial charge on any atom is -0.0675 e. The Bertz CT molecular complexity index is 571. The van der Waals surface area contributed by atoms with Crippen LogP contribution in [0.3, 0.4) is 0 Å². The van der Waals surface area contributed by atoms with E-state index in [1.807, 2.05) is 0 Å². The van der Waals surface area contributed by atoms with Crippen molar-refractivity contribution in [1.82, 2.24) is 0 Å². The molecule has 0 bridgehead atoms. The third kappa shape index (κ3) is 2.25. The highest BCUT2D eigenvalue weighted by molar-refractivity contribution is 6.93. The van der Waals surface area contributed by atoms with Gasteiger partial charge in [-0.25, -0.2) is 0 Å². The highest BCUT2D eigenvalue weighted by Crippen LogP contribution is 2.27. The number of hydrogen-bond acceptors (Lipinski definition) is 0. The summed E-state index contributed by atoms with van der Waals surface area (Å²) < 4.78 is 0. The Hall–Kier alpha value is -1.08. The van der Waals surface area contributed by atoms with Gasteiger partial charge < -0.3 is 0 Å². The van der Waals surface area contributed by atoms with E-state index >= 15 is 0 Å². The smallest absolute Gasteiger partial charge is 0.0675 e. The first-order chi connectivity index (χ1) is 9.09. The van der Waals surface area contributed by atoms with Crippen molar-refractivity contribution in [3.63, 3.8) is 0 Å². The van der Waals surface area contributed by atoms with Crippen molar-refractivity contribution >= 4 is 24.0 Å². The molecule has 0 fully saturated rings. The van der Waals surface area contributed by atoms with Crippen molar-refractivity contribution in [2.75, 3.05) is 0 Å². The average Bonchev–Trinajstić information content (AvgIpc) is 2.46. The van der Waals surface area contributed by atoms with E-state index in [9.17, 15) is 0 Å². The van der Waals surface area contributed by atoms with Gasteiger partial charge in [-0.1, -0.05) is 74.4 Å². The largest absolute Gasteiger partial charge is 0.0867 e. The zero-order chi connectivity index (χ0) is 14.0. The zero-order valence-electron chi connectivity index (χ0n) is 13.0. The predicted molar refractivity (Wildman–Crippen MR) is 90.3 cm³/mol. The van der Waals surface area contributed by atoms with Crippen LogP contribution in [-0.2, 0) is 0 Å². The summed E-state index contributed by atoms with van der Waals surface area (Å²) in [5.41, 5.74) is 2.91. The van der Waals surface area contributed by atoms with Gasteiger partial charge in [-0.15, -0.1) is 0 Å². The first-order valence-corrected chi connectivity index (χ1v) is 10.2. The summed E-state index contributed by atoms with van der Waals surface area (Å²) in [6.07, 6.45) is 0. The molecular formula is C18H26Si. The fraction of sp³-hybridized carbons (Fsp3) is 0.444. The summed E-state index contributed by atoms with van der Waals surface area (Å²) in [7, 11) is -1.31. The first-order valence-electron chi connectivity index (χ1n) is 7.59. The van der Waals surface area contributed by atoms with Crippen molar-refractivity contribution in [1.29, 1.82) is 0 Å². The molecule has 0 saturated carbocycles. The van der Waals surface area contributed by atoms with Gasteiger partial charge in [-0.05, 0) is 35.7 Å². The van der Waals surface area contributed by atoms with Gasteiger partial charge in [0.25, 0.3) is 0 Å². The third-order valence-corrected chi connectivity index (χ3v) is 10.8. The molecule has 0 aliphatic carbocycles. The number of rotatable bonds is 4. The fourth-order valence-electron chi connectivity index (χ4n) is 3.42. The molecule has 0 N–H and O–H groups in total. The Balaban J connectivity index is 2.83. The third-order valence-electron chi connectivity index (χ3n) is 5.18. The van der Waals surface area contributed by atoms with E-state index in [1.54, 1.807) is 5.19 Å². The van der Waals surface area contributed by atoms with Crippen LogP contribution in [0.15, 0.2) is 30.3 Å². The van der Waals surface area contributed by atoms with E-state index in [4.69, 9.17) is 0 Å². The van der Waals surface area contributed by atoms with E-state index in [1.165, 1.54) is 40.0 Å². The Kier molecular flexibility index (Phi) is 4.15. The second-order valence-corrected chi connectivity index (χ2v) is 11.0. The molecule has 1 heteroatoms. The lowest BCUT2D eigenvalue weighted by Crippen LogP contribution is -2.46. The lowest BCUT2D eigenvalue weighted by Gasteiger charge is -2.31. The van der Waals surface area contributed by atoms with E-state index in [0.717, 1.165) is 0 Å². The van der Waals surface area contributed by atoms with Gasteiger partial charge in [0, 0.05) is 0 Å². The van der Waals surface area contributed by atoms with Crippen LogP contribution in [0.25, 0.3) is 10.8 Å². The number of hydrogen-bond donors (Lipinski definition) is 0. The quantitative estimate of drug-likeness (QED) is 0.672. The van der Waals surface area contributed by atoms with Gasteiger partial charge in [0.05, 0.1) is 8.07 Å². The highest BCUT2D eigenvalue weighted by Gasteiger charge is 2.31. The summed E-state index contributed by atoms with van der Waals surface area (Å²) in [4.78, 5) is 0. The fourth-order valence-corrected chi connectivity index (χ4v) is 7.37. The Morgan fingerprint density at radius 3 is 1.89 bits per heavy atom. The van der Waals surface area contributed by atoms with Gasteiger partial charge in [0.1, 0.15) is 0 Å². The van der Waals surface area contributed by atoms with Gasteiger partial charge in [-0.2, -0.15) is 0 Å². The van der Waals surface area contributed by atoms with Crippen LogP contribution < -0.4 is 5.19 Å². The molecule has 0 aromatic heterocycles. The van der Waals surface area contributed by atoms with Crippen LogP contribution in [-0.4, -0.2) is 8.07 Å². The van der Waals surface area contributed by atoms with Gasteiger partial charge in [0.2, 0.25) is 0 Å². The van der Waals surface area contributed by atoms with Crippen LogP contribution in [0.5, 0.6) is 0 Å². The van der Waals surface area contributed by atoms with Gasteiger partial charge in [-0.3, -0.25) is 0 Å². The molecule has 2 aromatic carbocycles. The molecule has 0 saturated heterocycles. The SMILES string of the molecule is CC[Si](CC)(CC)c1cc(C)c(C)c2ccccc12. The highest BCUT2D eigenvalue weighted by atomic mass is 28.3. The van der Waals surface area contributed by atoms with E-state index in [-0.39, 0.29) is 0 Å². The van der Waals surface area contributed by atoms with E-state index < -0.39 is 8.07 Å². The van der Waals surface area contributed by atoms with E-state index in [0.29, 0.717) is 0 Å². The summed E-state index contributed by atoms with van der Waals surface area (Å²) in [6, 6.07) is 15.6. The molecule has 0 atom stereocenters. The molecule has 2 aromatic rings. The van der Waals surface area contributed by atoms with Crippen LogP contribution in [0, 0.1) is 13.8 Å². The molecular weight excluding hydrogens is 244 g/mol. The molecule has 0 heterocycles. The van der Waals surface area contributed by atoms with E-state index in [2.05, 4.69) is 65.0 Å². The summed E-state index contributed by atoms with van der Waals surface area (Å²) in [6.45, 7) is 11.7.